The van der Waals surface area contributed by atoms with Crippen molar-refractivity contribution in [2.45, 2.75) is 31.5 Å². The van der Waals surface area contributed by atoms with Gasteiger partial charge in [0, 0.05) is 5.56 Å². The van der Waals surface area contributed by atoms with Crippen LogP contribution in [0, 0.1) is 6.92 Å². The zero-order chi connectivity index (χ0) is 24.3. The molecule has 0 saturated heterocycles. The normalized spacial score (nSPS) is 16.7. The first-order chi connectivity index (χ1) is 16.1. The number of nitrogens with one attached hydrogen (secondary N) is 1. The fourth-order valence-corrected chi connectivity index (χ4v) is 4.02. The van der Waals surface area contributed by atoms with E-state index in [4.69, 9.17) is 0 Å². The van der Waals surface area contributed by atoms with Crippen LogP contribution in [0.5, 0.6) is 17.2 Å². The molecular weight excluding hydrogens is 450 g/mol. The topological polar surface area (TPSA) is 118 Å². The number of nitrogens with zero attached hydrogens (tertiary/aromatic N) is 1. The van der Waals surface area contributed by atoms with Crippen LogP contribution in [0.2, 0.25) is 0 Å². The number of aromatic carboxylic acids is 1. The fourth-order valence-electron chi connectivity index (χ4n) is 4.02. The Labute approximate surface area is 191 Å². The third-order valence-corrected chi connectivity index (χ3v) is 5.92. The second-order valence-corrected chi connectivity index (χ2v) is 8.30. The third kappa shape index (κ3) is 3.76. The van der Waals surface area contributed by atoms with Gasteiger partial charge >= 0.3 is 12.3 Å². The summed E-state index contributed by atoms with van der Waals surface area (Å²) in [4.78, 5) is 29.0. The Morgan fingerprint density at radius 3 is 2.47 bits per heavy atom. The van der Waals surface area contributed by atoms with Gasteiger partial charge in [-0.25, -0.2) is 9.78 Å². The van der Waals surface area contributed by atoms with Gasteiger partial charge in [-0.15, -0.1) is 8.78 Å². The number of phenols is 1. The Morgan fingerprint density at radius 1 is 1.03 bits per heavy atom. The molecule has 2 aromatic carbocycles. The summed E-state index contributed by atoms with van der Waals surface area (Å²) in [6, 6.07) is 11.5. The van der Waals surface area contributed by atoms with E-state index in [0.29, 0.717) is 35.2 Å². The molecular formula is C24H18F2N2O6. The quantitative estimate of drug-likeness (QED) is 0.506. The van der Waals surface area contributed by atoms with Gasteiger partial charge in [0.2, 0.25) is 5.91 Å². The number of anilines is 1. The summed E-state index contributed by atoms with van der Waals surface area (Å²) in [6.07, 6.45) is -2.71. The van der Waals surface area contributed by atoms with Crippen molar-refractivity contribution in [3.05, 3.63) is 65.2 Å². The van der Waals surface area contributed by atoms with Crippen LogP contribution in [0.25, 0.3) is 11.3 Å². The van der Waals surface area contributed by atoms with Gasteiger partial charge in [0.25, 0.3) is 0 Å². The van der Waals surface area contributed by atoms with Crippen LogP contribution in [0.3, 0.4) is 0 Å². The van der Waals surface area contributed by atoms with Crippen LogP contribution in [-0.2, 0) is 10.2 Å². The summed E-state index contributed by atoms with van der Waals surface area (Å²) < 4.78 is 35.6. The molecule has 1 aromatic heterocycles. The molecule has 174 valence electrons. The first-order valence-corrected chi connectivity index (χ1v) is 10.3. The van der Waals surface area contributed by atoms with Crippen molar-refractivity contribution in [1.82, 2.24) is 4.98 Å². The van der Waals surface area contributed by atoms with E-state index in [-0.39, 0.29) is 34.5 Å². The fraction of sp³-hybridized carbons (Fsp3) is 0.208. The lowest BCUT2D eigenvalue weighted by Crippen LogP contribution is -2.28. The summed E-state index contributed by atoms with van der Waals surface area (Å²) in [5, 5.41) is 22.0. The van der Waals surface area contributed by atoms with Crippen LogP contribution >= 0.6 is 0 Å². The number of benzene rings is 2. The van der Waals surface area contributed by atoms with Crippen molar-refractivity contribution in [1.29, 1.82) is 0 Å². The maximum Gasteiger partial charge on any atom is 0.586 e. The number of carbonyl (C=O) groups excluding carboxylic acids is 1. The van der Waals surface area contributed by atoms with Crippen LogP contribution in [0.1, 0.15) is 34.3 Å². The van der Waals surface area contributed by atoms with Gasteiger partial charge in [0.15, 0.2) is 11.5 Å². The average molecular weight is 468 g/mol. The highest BCUT2D eigenvalue weighted by atomic mass is 19.3. The van der Waals surface area contributed by atoms with Crippen molar-refractivity contribution in [3.63, 3.8) is 0 Å². The predicted octanol–water partition coefficient (Wildman–Crippen LogP) is 4.45. The number of amides is 1. The molecule has 2 heterocycles. The molecule has 1 saturated carbocycles. The summed E-state index contributed by atoms with van der Waals surface area (Å²) in [7, 11) is 0. The van der Waals surface area contributed by atoms with Gasteiger partial charge in [0.05, 0.1) is 16.7 Å². The van der Waals surface area contributed by atoms with E-state index in [1.165, 1.54) is 24.3 Å². The molecule has 5 rings (SSSR count). The van der Waals surface area contributed by atoms with E-state index in [1.807, 2.05) is 0 Å². The highest BCUT2D eigenvalue weighted by Gasteiger charge is 2.53. The largest absolute Gasteiger partial charge is 0.586 e. The summed E-state index contributed by atoms with van der Waals surface area (Å²) in [5.41, 5.74) is 0.991. The molecule has 0 unspecified atom stereocenters. The van der Waals surface area contributed by atoms with Crippen LogP contribution < -0.4 is 14.8 Å². The molecule has 2 aliphatic rings. The summed E-state index contributed by atoms with van der Waals surface area (Å²) in [6.45, 7) is 1.77. The minimum atomic E-state index is -3.74. The van der Waals surface area contributed by atoms with Crippen molar-refractivity contribution >= 4 is 17.7 Å². The number of aryl methyl sites for hydroxylation is 1. The first-order valence-electron chi connectivity index (χ1n) is 10.3. The Hall–Kier alpha value is -4.21. The van der Waals surface area contributed by atoms with Crippen LogP contribution in [-0.4, -0.2) is 33.4 Å². The van der Waals surface area contributed by atoms with E-state index in [0.717, 1.165) is 6.07 Å². The van der Waals surface area contributed by atoms with E-state index < -0.39 is 17.7 Å². The zero-order valence-electron chi connectivity index (χ0n) is 17.8. The molecule has 0 spiro atoms. The lowest BCUT2D eigenvalue weighted by Gasteiger charge is -2.17. The zero-order valence-corrected chi connectivity index (χ0v) is 17.8. The number of carboxylic acids is 1. The van der Waals surface area contributed by atoms with E-state index >= 15 is 0 Å². The smallest absolute Gasteiger partial charge is 0.508 e. The number of carboxylic acid groups (broad SMARTS) is 1. The lowest BCUT2D eigenvalue weighted by atomic mass is 9.94. The molecule has 1 amide bonds. The average Bonchev–Trinajstić information content (AvgIpc) is 3.51. The molecule has 0 bridgehead atoms. The molecule has 0 atom stereocenters. The Bertz CT molecular complexity index is 1350. The monoisotopic (exact) mass is 468 g/mol. The highest BCUT2D eigenvalue weighted by Crippen LogP contribution is 2.52. The van der Waals surface area contributed by atoms with E-state index in [2.05, 4.69) is 19.8 Å². The molecule has 3 N–H and O–H groups in total. The van der Waals surface area contributed by atoms with Gasteiger partial charge in [-0.1, -0.05) is 12.1 Å². The molecule has 34 heavy (non-hydrogen) atoms. The second kappa shape index (κ2) is 7.41. The molecule has 3 aromatic rings. The number of hydrogen-bond donors (Lipinski definition) is 3. The molecule has 10 heteroatoms. The van der Waals surface area contributed by atoms with Gasteiger partial charge in [-0.3, -0.25) is 4.79 Å². The number of phenolic OH excluding ortho intramolecular Hbond substituents is 1. The number of rotatable bonds is 5. The van der Waals surface area contributed by atoms with Gasteiger partial charge < -0.3 is 25.0 Å². The minimum Gasteiger partial charge on any atom is -0.508 e. The Morgan fingerprint density at radius 2 is 1.76 bits per heavy atom. The Kier molecular flexibility index (Phi) is 4.71. The Balaban J connectivity index is 1.42. The van der Waals surface area contributed by atoms with Crippen LogP contribution in [0.4, 0.5) is 14.6 Å². The number of halogens is 2. The number of hydrogen-bond acceptors (Lipinski definition) is 6. The number of aromatic nitrogens is 1. The second-order valence-electron chi connectivity index (χ2n) is 8.30. The van der Waals surface area contributed by atoms with Crippen molar-refractivity contribution < 1.29 is 38.1 Å². The predicted molar refractivity (Wildman–Crippen MR) is 115 cm³/mol. The molecule has 8 nitrogen and oxygen atoms in total. The molecule has 1 aliphatic heterocycles. The number of pyridine rings is 1. The van der Waals surface area contributed by atoms with Crippen LogP contribution in [0.15, 0.2) is 48.5 Å². The van der Waals surface area contributed by atoms with Gasteiger partial charge in [-0.05, 0) is 67.3 Å². The summed E-state index contributed by atoms with van der Waals surface area (Å²) >= 11 is 0. The van der Waals surface area contributed by atoms with Crippen molar-refractivity contribution in [2.24, 2.45) is 0 Å². The van der Waals surface area contributed by atoms with E-state index in [1.54, 1.807) is 25.1 Å². The number of ether oxygens (including phenoxy) is 2. The minimum absolute atomic E-state index is 0.0957. The van der Waals surface area contributed by atoms with E-state index in [9.17, 15) is 28.6 Å². The molecule has 0 radical (unpaired) electrons. The maximum absolute atomic E-state index is 13.4. The SMILES string of the molecule is Cc1ccc(NC(=O)C2(c3ccc4c(c3)OC(F)(F)O4)CC2)nc1-c1cc(O)cc(C(=O)O)c1. The number of alkyl halides is 2. The highest BCUT2D eigenvalue weighted by molar-refractivity contribution is 6.01. The molecule has 1 fully saturated rings. The lowest BCUT2D eigenvalue weighted by molar-refractivity contribution is -0.286. The molecule has 1 aliphatic carbocycles. The third-order valence-electron chi connectivity index (χ3n) is 5.92. The number of carbonyl (C=O) groups is 2. The van der Waals surface area contributed by atoms with Gasteiger partial charge in [-0.2, -0.15) is 0 Å². The number of aromatic hydroxyl groups is 1. The summed E-state index contributed by atoms with van der Waals surface area (Å²) in [5.74, 6) is -1.78. The van der Waals surface area contributed by atoms with Crippen molar-refractivity contribution in [3.8, 4) is 28.5 Å². The standard InChI is InChI=1S/C24H18F2N2O6/c1-12-2-5-19(27-20(12)13-8-14(21(30)31)10-16(29)9-13)28-22(32)23(6-7-23)15-3-4-17-18(11-15)34-24(25,26)33-17/h2-5,8-11,29H,6-7H2,1H3,(H,30,31)(H,27,28,32). The number of fused-ring (bicyclic) bond motifs is 1. The maximum atomic E-state index is 13.4. The van der Waals surface area contributed by atoms with Gasteiger partial charge in [0.1, 0.15) is 11.6 Å². The van der Waals surface area contributed by atoms with Crippen molar-refractivity contribution in [2.75, 3.05) is 5.32 Å². The first kappa shape index (κ1) is 21.6.